The SMILES string of the molecule is C[C@]12C=CCCC1CC[C@@H]1[C@H]2CC[C@]2(C)C(Oc3ccc(-n4cccc4)cc3)CC[C@@H]12. The van der Waals surface area contributed by atoms with Gasteiger partial charge in [-0.1, -0.05) is 26.0 Å². The number of nitrogens with zero attached hydrogens (tertiary/aromatic N) is 1. The van der Waals surface area contributed by atoms with E-state index < -0.39 is 0 Å². The predicted molar refractivity (Wildman–Crippen MR) is 126 cm³/mol. The fraction of sp³-hybridized carbons (Fsp3) is 0.586. The number of hydrogen-bond acceptors (Lipinski definition) is 1. The quantitative estimate of drug-likeness (QED) is 0.475. The van der Waals surface area contributed by atoms with Crippen molar-refractivity contribution in [1.29, 1.82) is 0 Å². The van der Waals surface area contributed by atoms with Crippen LogP contribution in [0.25, 0.3) is 5.69 Å². The van der Waals surface area contributed by atoms with Crippen LogP contribution in [-0.2, 0) is 0 Å². The van der Waals surface area contributed by atoms with E-state index in [0.29, 0.717) is 16.9 Å². The summed E-state index contributed by atoms with van der Waals surface area (Å²) in [6.45, 7) is 5.16. The molecular formula is C29H37NO. The Morgan fingerprint density at radius 2 is 1.68 bits per heavy atom. The molecule has 0 amide bonds. The van der Waals surface area contributed by atoms with Crippen molar-refractivity contribution in [3.63, 3.8) is 0 Å². The molecule has 1 aromatic carbocycles. The first-order valence-electron chi connectivity index (χ1n) is 12.7. The van der Waals surface area contributed by atoms with Gasteiger partial charge >= 0.3 is 0 Å². The minimum absolute atomic E-state index is 0.335. The minimum atomic E-state index is 0.335. The molecule has 0 spiro atoms. The molecule has 0 radical (unpaired) electrons. The monoisotopic (exact) mass is 415 g/mol. The molecule has 3 saturated carbocycles. The Balaban J connectivity index is 1.20. The maximum Gasteiger partial charge on any atom is 0.119 e. The van der Waals surface area contributed by atoms with Crippen molar-refractivity contribution < 1.29 is 4.74 Å². The molecule has 2 unspecified atom stereocenters. The molecule has 2 nitrogen and oxygen atoms in total. The lowest BCUT2D eigenvalue weighted by molar-refractivity contribution is -0.0898. The van der Waals surface area contributed by atoms with Gasteiger partial charge in [-0.25, -0.2) is 0 Å². The van der Waals surface area contributed by atoms with Gasteiger partial charge in [-0.2, -0.15) is 0 Å². The zero-order valence-electron chi connectivity index (χ0n) is 19.2. The van der Waals surface area contributed by atoms with Gasteiger partial charge < -0.3 is 9.30 Å². The Morgan fingerprint density at radius 1 is 0.871 bits per heavy atom. The summed E-state index contributed by atoms with van der Waals surface area (Å²) >= 11 is 0. The van der Waals surface area contributed by atoms with E-state index in [1.165, 1.54) is 57.1 Å². The normalized spacial score (nSPS) is 41.3. The van der Waals surface area contributed by atoms with Gasteiger partial charge in [0.15, 0.2) is 0 Å². The average Bonchev–Trinajstić information content (AvgIpc) is 3.42. The first-order chi connectivity index (χ1) is 15.1. The summed E-state index contributed by atoms with van der Waals surface area (Å²) < 4.78 is 8.86. The van der Waals surface area contributed by atoms with E-state index in [1.807, 2.05) is 0 Å². The summed E-state index contributed by atoms with van der Waals surface area (Å²) in [6.07, 6.45) is 20.6. The third kappa shape index (κ3) is 3.04. The number of aromatic nitrogens is 1. The molecule has 164 valence electrons. The van der Waals surface area contributed by atoms with Gasteiger partial charge in [0.25, 0.3) is 0 Å². The molecule has 31 heavy (non-hydrogen) atoms. The van der Waals surface area contributed by atoms with Crippen molar-refractivity contribution >= 4 is 0 Å². The lowest BCUT2D eigenvalue weighted by atomic mass is 9.46. The predicted octanol–water partition coefficient (Wildman–Crippen LogP) is 7.43. The van der Waals surface area contributed by atoms with Crippen LogP contribution in [-0.4, -0.2) is 10.7 Å². The van der Waals surface area contributed by atoms with E-state index in [1.54, 1.807) is 0 Å². The van der Waals surface area contributed by atoms with Crippen molar-refractivity contribution in [2.75, 3.05) is 0 Å². The van der Waals surface area contributed by atoms with Crippen LogP contribution in [0.3, 0.4) is 0 Å². The first-order valence-corrected chi connectivity index (χ1v) is 12.7. The largest absolute Gasteiger partial charge is 0.490 e. The summed E-state index contributed by atoms with van der Waals surface area (Å²) in [5.74, 6) is 4.59. The zero-order chi connectivity index (χ0) is 21.1. The number of rotatable bonds is 3. The second kappa shape index (κ2) is 7.29. The minimum Gasteiger partial charge on any atom is -0.490 e. The van der Waals surface area contributed by atoms with Gasteiger partial charge in [-0.15, -0.1) is 0 Å². The number of allylic oxidation sites excluding steroid dienone is 2. The Hall–Kier alpha value is -1.96. The van der Waals surface area contributed by atoms with Gasteiger partial charge in [-0.3, -0.25) is 0 Å². The summed E-state index contributed by atoms with van der Waals surface area (Å²) in [5.41, 5.74) is 1.98. The number of hydrogen-bond donors (Lipinski definition) is 0. The van der Waals surface area contributed by atoms with Gasteiger partial charge in [0.1, 0.15) is 11.9 Å². The third-order valence-electron chi connectivity index (χ3n) is 10.1. The first kappa shape index (κ1) is 19.7. The van der Waals surface area contributed by atoms with Crippen LogP contribution in [0, 0.1) is 34.5 Å². The molecule has 1 heterocycles. The Kier molecular flexibility index (Phi) is 4.63. The molecule has 2 aromatic rings. The van der Waals surface area contributed by atoms with E-state index in [0.717, 1.165) is 29.4 Å². The fourth-order valence-electron chi connectivity index (χ4n) is 8.33. The molecule has 0 saturated heterocycles. The lowest BCUT2D eigenvalue weighted by Crippen LogP contribution is -2.53. The van der Waals surface area contributed by atoms with Gasteiger partial charge in [-0.05, 0) is 117 Å². The third-order valence-corrected chi connectivity index (χ3v) is 10.1. The second-order valence-electron chi connectivity index (χ2n) is 11.3. The van der Waals surface area contributed by atoms with Crippen LogP contribution in [0.1, 0.15) is 65.2 Å². The van der Waals surface area contributed by atoms with Crippen LogP contribution in [0.5, 0.6) is 5.75 Å². The molecule has 4 aliphatic carbocycles. The Labute approximate surface area is 187 Å². The topological polar surface area (TPSA) is 14.2 Å². The number of benzene rings is 1. The molecule has 3 fully saturated rings. The van der Waals surface area contributed by atoms with E-state index >= 15 is 0 Å². The lowest BCUT2D eigenvalue weighted by Gasteiger charge is -2.59. The van der Waals surface area contributed by atoms with Crippen molar-refractivity contribution in [1.82, 2.24) is 4.57 Å². The summed E-state index contributed by atoms with van der Waals surface area (Å²) in [7, 11) is 0. The molecule has 1 aromatic heterocycles. The highest BCUT2D eigenvalue weighted by Gasteiger charge is 2.59. The average molecular weight is 416 g/mol. The van der Waals surface area contributed by atoms with E-state index in [-0.39, 0.29) is 0 Å². The fourth-order valence-corrected chi connectivity index (χ4v) is 8.33. The van der Waals surface area contributed by atoms with Crippen molar-refractivity contribution in [3.8, 4) is 11.4 Å². The van der Waals surface area contributed by atoms with Crippen LogP contribution in [0.15, 0.2) is 60.9 Å². The van der Waals surface area contributed by atoms with Gasteiger partial charge in [0.2, 0.25) is 0 Å². The standard InChI is InChI=1S/C29H37NO/c1-28-17-4-3-7-21(28)8-13-24-25-14-15-27(29(25,2)18-16-26(24)28)31-23-11-9-22(10-12-23)30-19-5-6-20-30/h4-6,9-12,17,19-21,24-27H,3,7-8,13-16,18H2,1-2H3/t21?,24-,25-,26+,27?,28-,29-/m0/s1. The molecule has 0 N–H and O–H groups in total. The maximum atomic E-state index is 6.71. The van der Waals surface area contributed by atoms with E-state index in [4.69, 9.17) is 4.74 Å². The summed E-state index contributed by atoms with van der Waals surface area (Å²) in [6, 6.07) is 12.8. The van der Waals surface area contributed by atoms with E-state index in [2.05, 4.69) is 79.4 Å². The van der Waals surface area contributed by atoms with Gasteiger partial charge in [0.05, 0.1) is 0 Å². The summed E-state index contributed by atoms with van der Waals surface area (Å²) in [4.78, 5) is 0. The molecule has 6 rings (SSSR count). The van der Waals surface area contributed by atoms with E-state index in [9.17, 15) is 0 Å². The van der Waals surface area contributed by atoms with Crippen molar-refractivity contribution in [2.24, 2.45) is 34.5 Å². The number of ether oxygens (including phenoxy) is 1. The van der Waals surface area contributed by atoms with Gasteiger partial charge in [0, 0.05) is 23.5 Å². The molecule has 0 aliphatic heterocycles. The van der Waals surface area contributed by atoms with Crippen molar-refractivity contribution in [2.45, 2.75) is 71.3 Å². The van der Waals surface area contributed by atoms with Crippen molar-refractivity contribution in [3.05, 3.63) is 60.9 Å². The molecule has 0 bridgehead atoms. The molecule has 4 aliphatic rings. The molecule has 7 atom stereocenters. The zero-order valence-corrected chi connectivity index (χ0v) is 19.2. The number of fused-ring (bicyclic) bond motifs is 5. The Bertz CT molecular complexity index is 944. The highest BCUT2D eigenvalue weighted by atomic mass is 16.5. The molecule has 2 heteroatoms. The highest BCUT2D eigenvalue weighted by Crippen LogP contribution is 2.65. The van der Waals surface area contributed by atoms with Crippen LogP contribution >= 0.6 is 0 Å². The summed E-state index contributed by atoms with van der Waals surface area (Å²) in [5, 5.41) is 0. The smallest absolute Gasteiger partial charge is 0.119 e. The molecular weight excluding hydrogens is 378 g/mol. The van der Waals surface area contributed by atoms with Crippen LogP contribution in [0.4, 0.5) is 0 Å². The highest BCUT2D eigenvalue weighted by molar-refractivity contribution is 5.38. The Morgan fingerprint density at radius 3 is 2.48 bits per heavy atom. The maximum absolute atomic E-state index is 6.71. The second-order valence-corrected chi connectivity index (χ2v) is 11.3. The van der Waals surface area contributed by atoms with Crippen LogP contribution in [0.2, 0.25) is 0 Å². The van der Waals surface area contributed by atoms with Crippen LogP contribution < -0.4 is 4.74 Å².